The number of carbonyl (C=O) groups excluding carboxylic acids is 3. The molecular formula is C25H21FN2O5. The minimum absolute atomic E-state index is 0.190. The number of ketones is 1. The SMILES string of the molecule is COc1ccc(C2(c3ccc(OC)cc3)NC(=O)N(CC(=O)c3ccccc3F)C2=O)cc1. The van der Waals surface area contributed by atoms with Gasteiger partial charge in [0.25, 0.3) is 5.91 Å². The van der Waals surface area contributed by atoms with Gasteiger partial charge in [0.1, 0.15) is 17.3 Å². The molecule has 3 aromatic rings. The molecule has 1 N–H and O–H groups in total. The summed E-state index contributed by atoms with van der Waals surface area (Å²) in [6.07, 6.45) is 0. The van der Waals surface area contributed by atoms with Crippen LogP contribution in [0.15, 0.2) is 72.8 Å². The smallest absolute Gasteiger partial charge is 0.325 e. The second-order valence-electron chi connectivity index (χ2n) is 7.43. The van der Waals surface area contributed by atoms with E-state index < -0.39 is 35.6 Å². The van der Waals surface area contributed by atoms with E-state index in [0.717, 1.165) is 11.0 Å². The Morgan fingerprint density at radius 3 is 1.88 bits per heavy atom. The maximum Gasteiger partial charge on any atom is 0.325 e. The zero-order valence-electron chi connectivity index (χ0n) is 18.0. The van der Waals surface area contributed by atoms with Crippen LogP contribution in [-0.2, 0) is 10.3 Å². The van der Waals surface area contributed by atoms with Gasteiger partial charge in [0.2, 0.25) is 0 Å². The molecule has 1 aliphatic heterocycles. The summed E-state index contributed by atoms with van der Waals surface area (Å²) in [4.78, 5) is 40.2. The number of rotatable bonds is 7. The number of carbonyl (C=O) groups is 3. The van der Waals surface area contributed by atoms with Crippen molar-refractivity contribution in [2.75, 3.05) is 20.8 Å². The van der Waals surface area contributed by atoms with Crippen LogP contribution in [-0.4, -0.2) is 43.4 Å². The Kier molecular flexibility index (Phi) is 5.83. The van der Waals surface area contributed by atoms with Crippen molar-refractivity contribution in [2.45, 2.75) is 5.54 Å². The molecule has 0 saturated carbocycles. The zero-order valence-corrected chi connectivity index (χ0v) is 18.0. The second kappa shape index (κ2) is 8.74. The van der Waals surface area contributed by atoms with Gasteiger partial charge in [0.15, 0.2) is 11.3 Å². The lowest BCUT2D eigenvalue weighted by molar-refractivity contribution is -0.129. The van der Waals surface area contributed by atoms with E-state index >= 15 is 0 Å². The number of urea groups is 1. The summed E-state index contributed by atoms with van der Waals surface area (Å²) < 4.78 is 24.5. The van der Waals surface area contributed by atoms with E-state index in [-0.39, 0.29) is 5.56 Å². The summed E-state index contributed by atoms with van der Waals surface area (Å²) in [5.74, 6) is -0.894. The number of nitrogens with one attached hydrogen (secondary N) is 1. The molecule has 3 amide bonds. The van der Waals surface area contributed by atoms with Crippen LogP contribution in [0.1, 0.15) is 21.5 Å². The molecule has 1 fully saturated rings. The molecule has 1 heterocycles. The lowest BCUT2D eigenvalue weighted by atomic mass is 9.82. The van der Waals surface area contributed by atoms with Crippen molar-refractivity contribution in [3.05, 3.63) is 95.3 Å². The molecule has 0 bridgehead atoms. The third-order valence-electron chi connectivity index (χ3n) is 5.63. The highest BCUT2D eigenvalue weighted by Gasteiger charge is 2.54. The van der Waals surface area contributed by atoms with E-state index in [4.69, 9.17) is 9.47 Å². The molecule has 1 saturated heterocycles. The van der Waals surface area contributed by atoms with Crippen LogP contribution in [0.25, 0.3) is 0 Å². The van der Waals surface area contributed by atoms with Crippen molar-refractivity contribution in [3.8, 4) is 11.5 Å². The average molecular weight is 448 g/mol. The second-order valence-corrected chi connectivity index (χ2v) is 7.43. The van der Waals surface area contributed by atoms with Gasteiger partial charge in [-0.2, -0.15) is 0 Å². The van der Waals surface area contributed by atoms with Crippen LogP contribution in [0.3, 0.4) is 0 Å². The fourth-order valence-electron chi connectivity index (χ4n) is 3.88. The molecule has 3 aromatic carbocycles. The first kappa shape index (κ1) is 22.0. The first-order valence-corrected chi connectivity index (χ1v) is 10.1. The minimum Gasteiger partial charge on any atom is -0.497 e. The van der Waals surface area contributed by atoms with Crippen LogP contribution in [0.2, 0.25) is 0 Å². The molecule has 0 aliphatic carbocycles. The number of benzene rings is 3. The molecule has 168 valence electrons. The number of ether oxygens (including phenoxy) is 2. The molecule has 0 spiro atoms. The van der Waals surface area contributed by atoms with Crippen LogP contribution in [0.5, 0.6) is 11.5 Å². The lowest BCUT2D eigenvalue weighted by Crippen LogP contribution is -2.45. The lowest BCUT2D eigenvalue weighted by Gasteiger charge is -2.28. The largest absolute Gasteiger partial charge is 0.497 e. The van der Waals surface area contributed by atoms with Gasteiger partial charge in [-0.3, -0.25) is 14.5 Å². The van der Waals surface area contributed by atoms with Crippen LogP contribution >= 0.6 is 0 Å². The van der Waals surface area contributed by atoms with Crippen molar-refractivity contribution in [2.24, 2.45) is 0 Å². The third kappa shape index (κ3) is 3.80. The molecule has 8 heteroatoms. The number of imide groups is 1. The number of nitrogens with zero attached hydrogens (tertiary/aromatic N) is 1. The highest BCUT2D eigenvalue weighted by Crippen LogP contribution is 2.37. The van der Waals surface area contributed by atoms with Crippen molar-refractivity contribution in [3.63, 3.8) is 0 Å². The van der Waals surface area contributed by atoms with Gasteiger partial charge in [0.05, 0.1) is 26.3 Å². The first-order valence-electron chi connectivity index (χ1n) is 10.1. The quantitative estimate of drug-likeness (QED) is 0.442. The molecule has 0 radical (unpaired) electrons. The van der Waals surface area contributed by atoms with E-state index in [2.05, 4.69) is 5.32 Å². The number of halogens is 1. The standard InChI is InChI=1S/C25H21FN2O5/c1-32-18-11-7-16(8-12-18)25(17-9-13-19(33-2)14-10-17)23(30)28(24(31)27-25)15-22(29)20-5-3-4-6-21(20)26/h3-14H,15H2,1-2H3,(H,27,31). The summed E-state index contributed by atoms with van der Waals surface area (Å²) in [6, 6.07) is 18.1. The summed E-state index contributed by atoms with van der Waals surface area (Å²) in [5.41, 5.74) is -0.810. The number of hydrogen-bond acceptors (Lipinski definition) is 5. The molecule has 1 aliphatic rings. The highest BCUT2D eigenvalue weighted by molar-refractivity contribution is 6.13. The molecule has 4 rings (SSSR count). The maximum absolute atomic E-state index is 14.1. The molecule has 0 aromatic heterocycles. The Morgan fingerprint density at radius 1 is 0.879 bits per heavy atom. The zero-order chi connectivity index (χ0) is 23.6. The number of methoxy groups -OCH3 is 2. The van der Waals surface area contributed by atoms with Gasteiger partial charge in [-0.15, -0.1) is 0 Å². The highest BCUT2D eigenvalue weighted by atomic mass is 19.1. The van der Waals surface area contributed by atoms with Gasteiger partial charge in [-0.25, -0.2) is 9.18 Å². The maximum atomic E-state index is 14.1. The van der Waals surface area contributed by atoms with Gasteiger partial charge in [-0.1, -0.05) is 36.4 Å². The summed E-state index contributed by atoms with van der Waals surface area (Å²) in [6.45, 7) is -0.598. The Bertz CT molecular complexity index is 1160. The third-order valence-corrected chi connectivity index (χ3v) is 5.63. The van der Waals surface area contributed by atoms with Crippen LogP contribution in [0, 0.1) is 5.82 Å². The average Bonchev–Trinajstić information content (AvgIpc) is 3.10. The van der Waals surface area contributed by atoms with E-state index in [9.17, 15) is 18.8 Å². The number of hydrogen-bond donors (Lipinski definition) is 1. The van der Waals surface area contributed by atoms with Crippen molar-refractivity contribution in [1.29, 1.82) is 0 Å². The van der Waals surface area contributed by atoms with E-state index in [1.165, 1.54) is 32.4 Å². The Labute approximate surface area is 189 Å². The van der Waals surface area contributed by atoms with Gasteiger partial charge < -0.3 is 14.8 Å². The fourth-order valence-corrected chi connectivity index (χ4v) is 3.88. The van der Waals surface area contributed by atoms with E-state index in [0.29, 0.717) is 22.6 Å². The molecule has 0 atom stereocenters. The minimum atomic E-state index is -1.58. The topological polar surface area (TPSA) is 84.9 Å². The fraction of sp³-hybridized carbons (Fsp3) is 0.160. The molecular weight excluding hydrogens is 427 g/mol. The van der Waals surface area contributed by atoms with Crippen LogP contribution in [0.4, 0.5) is 9.18 Å². The van der Waals surface area contributed by atoms with Crippen LogP contribution < -0.4 is 14.8 Å². The predicted octanol–water partition coefficient (Wildman–Crippen LogP) is 3.52. The molecule has 7 nitrogen and oxygen atoms in total. The van der Waals surface area contributed by atoms with Crippen molar-refractivity contribution >= 4 is 17.7 Å². The predicted molar refractivity (Wildman–Crippen MR) is 118 cm³/mol. The normalized spacial score (nSPS) is 14.7. The van der Waals surface area contributed by atoms with Crippen molar-refractivity contribution < 1.29 is 28.2 Å². The number of Topliss-reactive ketones (excluding diaryl/α,β-unsaturated/α-hetero) is 1. The van der Waals surface area contributed by atoms with Gasteiger partial charge in [0, 0.05) is 0 Å². The van der Waals surface area contributed by atoms with E-state index in [1.807, 2.05) is 0 Å². The van der Waals surface area contributed by atoms with Crippen molar-refractivity contribution in [1.82, 2.24) is 10.2 Å². The Balaban J connectivity index is 1.76. The summed E-state index contributed by atoms with van der Waals surface area (Å²) in [5, 5.41) is 2.76. The summed E-state index contributed by atoms with van der Waals surface area (Å²) >= 11 is 0. The summed E-state index contributed by atoms with van der Waals surface area (Å²) in [7, 11) is 3.04. The monoisotopic (exact) mass is 448 g/mol. The van der Waals surface area contributed by atoms with Gasteiger partial charge >= 0.3 is 6.03 Å². The van der Waals surface area contributed by atoms with Gasteiger partial charge in [-0.05, 0) is 47.5 Å². The Morgan fingerprint density at radius 2 is 1.39 bits per heavy atom. The molecule has 33 heavy (non-hydrogen) atoms. The Hall–Kier alpha value is -4.20. The number of amides is 3. The first-order chi connectivity index (χ1) is 15.9. The van der Waals surface area contributed by atoms with E-state index in [1.54, 1.807) is 48.5 Å². The molecule has 0 unspecified atom stereocenters.